The molecule has 0 rings (SSSR count). The van der Waals surface area contributed by atoms with Crippen LogP contribution in [0, 0.1) is 0 Å². The van der Waals surface area contributed by atoms with Crippen molar-refractivity contribution in [3.05, 3.63) is 22.6 Å². The molecule has 0 saturated carbocycles. The maximum Gasteiger partial charge on any atom is 0.109 e. The summed E-state index contributed by atoms with van der Waals surface area (Å²) < 4.78 is 0. The molecule has 0 saturated heterocycles. The quantitative estimate of drug-likeness (QED) is 0.506. The first-order chi connectivity index (χ1) is 6.29. The number of hydrogen-bond donors (Lipinski definition) is 0. The molecule has 0 aliphatic rings. The lowest BCUT2D eigenvalue weighted by molar-refractivity contribution is 1.49. The van der Waals surface area contributed by atoms with E-state index in [4.69, 9.17) is 0 Å². The van der Waals surface area contributed by atoms with Gasteiger partial charge >= 0.3 is 0 Å². The van der Waals surface area contributed by atoms with Gasteiger partial charge in [0.2, 0.25) is 0 Å². The van der Waals surface area contributed by atoms with E-state index in [2.05, 4.69) is 25.2 Å². The molecule has 0 aliphatic carbocycles. The molecule has 0 fully saturated rings. The van der Waals surface area contributed by atoms with Crippen LogP contribution in [0.3, 0.4) is 0 Å². The van der Waals surface area contributed by atoms with E-state index in [-0.39, 0.29) is 0 Å². The molecule has 0 radical (unpaired) electrons. The van der Waals surface area contributed by atoms with E-state index in [1.54, 1.807) is 23.5 Å². The third-order valence-corrected chi connectivity index (χ3v) is 2.88. The Balaban J connectivity index is 0. The third-order valence-electron chi connectivity index (χ3n) is 1.04. The second-order valence-corrected chi connectivity index (χ2v) is 3.77. The second-order valence-electron chi connectivity index (χ2n) is 1.67. The molecule has 76 valence electrons. The van der Waals surface area contributed by atoms with Crippen molar-refractivity contribution in [3.8, 4) is 0 Å². The summed E-state index contributed by atoms with van der Waals surface area (Å²) in [7, 11) is 0. The normalized spacial score (nSPS) is 10.8. The van der Waals surface area contributed by atoms with Gasteiger partial charge in [0.25, 0.3) is 0 Å². The first kappa shape index (κ1) is 15.3. The van der Waals surface area contributed by atoms with Gasteiger partial charge in [0.05, 0.1) is 0 Å². The molecule has 0 atom stereocenters. The highest BCUT2D eigenvalue weighted by Gasteiger charge is 1.98. The van der Waals surface area contributed by atoms with E-state index < -0.39 is 0 Å². The minimum absolute atomic E-state index is 0.981. The smallest absolute Gasteiger partial charge is 0.109 e. The molecule has 0 bridgehead atoms. The van der Waals surface area contributed by atoms with Crippen molar-refractivity contribution in [1.29, 1.82) is 0 Å². The minimum atomic E-state index is 0.981. The van der Waals surface area contributed by atoms with Crippen LogP contribution in [-0.2, 0) is 0 Å². The van der Waals surface area contributed by atoms with Crippen molar-refractivity contribution in [2.24, 2.45) is 4.99 Å². The van der Waals surface area contributed by atoms with Crippen molar-refractivity contribution in [3.63, 3.8) is 0 Å². The Morgan fingerprint density at radius 1 is 1.46 bits per heavy atom. The van der Waals surface area contributed by atoms with Gasteiger partial charge < -0.3 is 0 Å². The zero-order valence-corrected chi connectivity index (χ0v) is 10.6. The highest BCUT2D eigenvalue weighted by molar-refractivity contribution is 8.06. The van der Waals surface area contributed by atoms with Crippen LogP contribution in [0.25, 0.3) is 0 Å². The Hall–Kier alpha value is -0.150. The fourth-order valence-electron chi connectivity index (χ4n) is 0.589. The van der Waals surface area contributed by atoms with Crippen molar-refractivity contribution < 1.29 is 0 Å². The molecule has 0 heterocycles. The van der Waals surface area contributed by atoms with Gasteiger partial charge in [-0.3, -0.25) is 4.99 Å². The molecule has 13 heavy (non-hydrogen) atoms. The van der Waals surface area contributed by atoms with Crippen LogP contribution in [0.2, 0.25) is 0 Å². The number of thioether (sulfide) groups is 2. The van der Waals surface area contributed by atoms with Crippen molar-refractivity contribution >= 4 is 30.2 Å². The summed E-state index contributed by atoms with van der Waals surface area (Å²) in [5, 5.41) is 0.981. The summed E-state index contributed by atoms with van der Waals surface area (Å²) in [5.74, 6) is 1.02. The highest BCUT2D eigenvalue weighted by atomic mass is 32.2. The molecule has 0 N–H and O–H groups in total. The zero-order valence-electron chi connectivity index (χ0n) is 8.96. The summed E-state index contributed by atoms with van der Waals surface area (Å²) in [5.41, 5.74) is 0. The zero-order chi connectivity index (χ0) is 10.7. The predicted molar refractivity (Wildman–Crippen MR) is 69.8 cm³/mol. The first-order valence-electron chi connectivity index (χ1n) is 4.30. The average molecular weight is 217 g/mol. The Bertz CT molecular complexity index is 174. The summed E-state index contributed by atoms with van der Waals surface area (Å²) in [6.45, 7) is 13.3. The fraction of sp³-hybridized carbons (Fsp3) is 0.500. The van der Waals surface area contributed by atoms with Gasteiger partial charge in [0, 0.05) is 4.91 Å². The predicted octanol–water partition coefficient (Wildman–Crippen LogP) is 4.18. The molecule has 1 nitrogen and oxygen atoms in total. The first-order valence-corrected chi connectivity index (χ1v) is 6.51. The molecule has 0 spiro atoms. The maximum atomic E-state index is 3.92. The van der Waals surface area contributed by atoms with Crippen molar-refractivity contribution in [2.75, 3.05) is 12.0 Å². The summed E-state index contributed by atoms with van der Waals surface area (Å²) in [6, 6.07) is 0. The Labute approximate surface area is 90.8 Å². The van der Waals surface area contributed by atoms with Gasteiger partial charge in [-0.1, -0.05) is 33.4 Å². The van der Waals surface area contributed by atoms with E-state index in [0.29, 0.717) is 0 Å². The van der Waals surface area contributed by atoms with Gasteiger partial charge in [0.1, 0.15) is 5.03 Å². The van der Waals surface area contributed by atoms with Crippen LogP contribution >= 0.6 is 23.5 Å². The van der Waals surface area contributed by atoms with Crippen molar-refractivity contribution in [1.82, 2.24) is 0 Å². The second kappa shape index (κ2) is 11.8. The Morgan fingerprint density at radius 3 is 2.23 bits per heavy atom. The lowest BCUT2D eigenvalue weighted by Gasteiger charge is -2.02. The lowest BCUT2D eigenvalue weighted by atomic mass is 10.6. The van der Waals surface area contributed by atoms with E-state index in [9.17, 15) is 0 Å². The van der Waals surface area contributed by atoms with E-state index in [0.717, 1.165) is 15.7 Å². The van der Waals surface area contributed by atoms with Crippen LogP contribution in [0.4, 0.5) is 0 Å². The fourth-order valence-corrected chi connectivity index (χ4v) is 2.01. The summed E-state index contributed by atoms with van der Waals surface area (Å²) in [4.78, 5) is 5.02. The molecule has 0 aromatic carbocycles. The van der Waals surface area contributed by atoms with E-state index in [1.165, 1.54) is 0 Å². The molecular formula is C10H19NS2. The van der Waals surface area contributed by atoms with Gasteiger partial charge in [-0.15, -0.1) is 23.5 Å². The number of nitrogens with zero attached hydrogens (tertiary/aromatic N) is 1. The summed E-state index contributed by atoms with van der Waals surface area (Å²) in [6.07, 6.45) is 3.83. The molecule has 0 unspecified atom stereocenters. The topological polar surface area (TPSA) is 12.4 Å². The van der Waals surface area contributed by atoms with E-state index in [1.807, 2.05) is 26.2 Å². The molecule has 0 aromatic rings. The number of aliphatic imine (C=N–C) groups is 1. The molecule has 3 heteroatoms. The monoisotopic (exact) mass is 217 g/mol. The van der Waals surface area contributed by atoms with E-state index >= 15 is 0 Å². The molecular weight excluding hydrogens is 198 g/mol. The van der Waals surface area contributed by atoms with Crippen LogP contribution in [0.1, 0.15) is 20.8 Å². The number of allylic oxidation sites excluding steroid dienone is 1. The van der Waals surface area contributed by atoms with Crippen LogP contribution in [0.15, 0.2) is 27.6 Å². The van der Waals surface area contributed by atoms with Gasteiger partial charge in [0.15, 0.2) is 0 Å². The standard InChI is InChI=1S/C8H13NS2.C2H6/c1-5-7(10-4)8(9-3)11-6-2;1-2/h5H,1,3,6H2,2,4H3;1-2H3/b8-7-;. The maximum absolute atomic E-state index is 3.92. The van der Waals surface area contributed by atoms with Crippen LogP contribution in [-0.4, -0.2) is 18.7 Å². The van der Waals surface area contributed by atoms with Crippen molar-refractivity contribution in [2.45, 2.75) is 20.8 Å². The van der Waals surface area contributed by atoms with Gasteiger partial charge in [-0.2, -0.15) is 0 Å². The largest absolute Gasteiger partial charge is 0.257 e. The third kappa shape index (κ3) is 6.96. The Kier molecular flexibility index (Phi) is 14.0. The average Bonchev–Trinajstić information content (AvgIpc) is 2.21. The number of hydrogen-bond acceptors (Lipinski definition) is 3. The minimum Gasteiger partial charge on any atom is -0.257 e. The van der Waals surface area contributed by atoms with Crippen LogP contribution in [0.5, 0.6) is 0 Å². The summed E-state index contributed by atoms with van der Waals surface area (Å²) >= 11 is 3.34. The Morgan fingerprint density at radius 2 is 2.00 bits per heavy atom. The number of rotatable bonds is 5. The molecule has 0 aromatic heterocycles. The molecule has 0 amide bonds. The van der Waals surface area contributed by atoms with Gasteiger partial charge in [-0.05, 0) is 18.7 Å². The van der Waals surface area contributed by atoms with Gasteiger partial charge in [-0.25, -0.2) is 0 Å². The molecule has 0 aliphatic heterocycles. The lowest BCUT2D eigenvalue weighted by Crippen LogP contribution is -1.78. The highest BCUT2D eigenvalue weighted by Crippen LogP contribution is 2.27. The SMILES string of the molecule is C=C/C(SC)=C(\N=C)SCC.CC. The van der Waals surface area contributed by atoms with Crippen LogP contribution < -0.4 is 0 Å².